The normalized spacial score (nSPS) is 16.9. The number of amides is 1. The highest BCUT2D eigenvalue weighted by atomic mass is 16.7. The van der Waals surface area contributed by atoms with E-state index in [0.717, 1.165) is 31.1 Å². The smallest absolute Gasteiger partial charge is 0.270 e. The monoisotopic (exact) mass is 341 g/mol. The van der Waals surface area contributed by atoms with E-state index in [1.165, 1.54) is 5.56 Å². The molecule has 2 aliphatic rings. The van der Waals surface area contributed by atoms with Gasteiger partial charge >= 0.3 is 0 Å². The molecule has 0 bridgehead atoms. The third-order valence-corrected chi connectivity index (χ3v) is 4.57. The van der Waals surface area contributed by atoms with Gasteiger partial charge in [0.2, 0.25) is 6.79 Å². The first kappa shape index (κ1) is 15.7. The number of carbonyl (C=O) groups excluding carboxylic acids is 2. The quantitative estimate of drug-likeness (QED) is 0.854. The van der Waals surface area contributed by atoms with Crippen LogP contribution >= 0.6 is 0 Å². The zero-order valence-corrected chi connectivity index (χ0v) is 13.7. The number of nitrogens with zero attached hydrogens (tertiary/aromatic N) is 2. The van der Waals surface area contributed by atoms with Gasteiger partial charge in [-0.2, -0.15) is 0 Å². The summed E-state index contributed by atoms with van der Waals surface area (Å²) in [5.74, 6) is 1.53. The maximum absolute atomic E-state index is 12.5. The highest BCUT2D eigenvalue weighted by molar-refractivity contribution is 5.93. The lowest BCUT2D eigenvalue weighted by Crippen LogP contribution is -2.48. The van der Waals surface area contributed by atoms with Crippen LogP contribution in [0.1, 0.15) is 26.5 Å². The van der Waals surface area contributed by atoms with Crippen LogP contribution in [0.5, 0.6) is 11.5 Å². The largest absolute Gasteiger partial charge is 0.454 e. The number of fused-ring (bicyclic) bond motifs is 1. The van der Waals surface area contributed by atoms with Crippen molar-refractivity contribution in [1.29, 1.82) is 0 Å². The van der Waals surface area contributed by atoms with Crippen molar-refractivity contribution in [3.63, 3.8) is 0 Å². The Labute approximate surface area is 145 Å². The first-order valence-corrected chi connectivity index (χ1v) is 8.27. The summed E-state index contributed by atoms with van der Waals surface area (Å²) < 4.78 is 10.7. The van der Waals surface area contributed by atoms with Gasteiger partial charge in [-0.05, 0) is 29.8 Å². The summed E-state index contributed by atoms with van der Waals surface area (Å²) in [5.41, 5.74) is 2.06. The summed E-state index contributed by atoms with van der Waals surface area (Å²) in [6, 6.07) is 9.28. The molecule has 7 heteroatoms. The number of aldehydes is 1. The fourth-order valence-electron chi connectivity index (χ4n) is 3.18. The molecule has 2 aromatic rings. The number of hydrogen-bond donors (Lipinski definition) is 1. The Morgan fingerprint density at radius 1 is 1.08 bits per heavy atom. The number of rotatable bonds is 4. The van der Waals surface area contributed by atoms with E-state index in [1.54, 1.807) is 12.1 Å². The molecule has 4 rings (SSSR count). The van der Waals surface area contributed by atoms with Gasteiger partial charge < -0.3 is 19.4 Å². The molecule has 0 aliphatic carbocycles. The lowest BCUT2D eigenvalue weighted by atomic mass is 10.1. The maximum atomic E-state index is 12.5. The van der Waals surface area contributed by atoms with Crippen LogP contribution in [-0.4, -0.2) is 59.9 Å². The summed E-state index contributed by atoms with van der Waals surface area (Å²) in [6.45, 7) is 4.04. The number of piperazine rings is 1. The van der Waals surface area contributed by atoms with Crippen LogP contribution in [-0.2, 0) is 6.54 Å². The highest BCUT2D eigenvalue weighted by Crippen LogP contribution is 2.32. The van der Waals surface area contributed by atoms with Crippen molar-refractivity contribution in [1.82, 2.24) is 14.8 Å². The predicted molar refractivity (Wildman–Crippen MR) is 89.9 cm³/mol. The molecule has 1 fully saturated rings. The van der Waals surface area contributed by atoms with E-state index in [9.17, 15) is 9.59 Å². The highest BCUT2D eigenvalue weighted by Gasteiger charge is 2.23. The van der Waals surface area contributed by atoms with Crippen molar-refractivity contribution in [2.45, 2.75) is 6.54 Å². The predicted octanol–water partition coefficient (Wildman–Crippen LogP) is 1.51. The molecule has 0 unspecified atom stereocenters. The van der Waals surface area contributed by atoms with E-state index < -0.39 is 0 Å². The zero-order chi connectivity index (χ0) is 17.2. The summed E-state index contributed by atoms with van der Waals surface area (Å²) in [6.07, 6.45) is 0.708. The van der Waals surface area contributed by atoms with Gasteiger partial charge in [0, 0.05) is 32.7 Å². The topological polar surface area (TPSA) is 74.9 Å². The number of hydrogen-bond acceptors (Lipinski definition) is 5. The van der Waals surface area contributed by atoms with E-state index >= 15 is 0 Å². The average Bonchev–Trinajstić information content (AvgIpc) is 3.30. The standard InChI is InChI=1S/C18H19N3O4/c22-11-14-2-3-15(19-14)18(23)21-7-5-20(6-8-21)10-13-1-4-16-17(9-13)25-12-24-16/h1-4,9,11,19H,5-8,10,12H2. The Balaban J connectivity index is 1.33. The first-order chi connectivity index (χ1) is 12.2. The van der Waals surface area contributed by atoms with Crippen molar-refractivity contribution in [3.8, 4) is 11.5 Å². The van der Waals surface area contributed by atoms with Crippen molar-refractivity contribution < 1.29 is 19.1 Å². The molecule has 1 aromatic carbocycles. The van der Waals surface area contributed by atoms with Crippen LogP contribution in [0.15, 0.2) is 30.3 Å². The Morgan fingerprint density at radius 3 is 2.64 bits per heavy atom. The molecule has 1 saturated heterocycles. The summed E-state index contributed by atoms with van der Waals surface area (Å²) in [5, 5.41) is 0. The molecule has 25 heavy (non-hydrogen) atoms. The minimum Gasteiger partial charge on any atom is -0.454 e. The second-order valence-corrected chi connectivity index (χ2v) is 6.20. The van der Waals surface area contributed by atoms with E-state index in [4.69, 9.17) is 9.47 Å². The fraction of sp³-hybridized carbons (Fsp3) is 0.333. The summed E-state index contributed by atoms with van der Waals surface area (Å²) >= 11 is 0. The molecule has 2 aliphatic heterocycles. The molecule has 1 amide bonds. The number of ether oxygens (including phenoxy) is 2. The number of aromatic nitrogens is 1. The SMILES string of the molecule is O=Cc1ccc(C(=O)N2CCN(Cc3ccc4c(c3)OCO4)CC2)[nH]1. The molecule has 0 saturated carbocycles. The lowest BCUT2D eigenvalue weighted by molar-refractivity contribution is 0.0623. The van der Waals surface area contributed by atoms with Gasteiger partial charge in [-0.25, -0.2) is 0 Å². The van der Waals surface area contributed by atoms with Crippen molar-refractivity contribution in [2.75, 3.05) is 33.0 Å². The molecule has 0 radical (unpaired) electrons. The first-order valence-electron chi connectivity index (χ1n) is 8.27. The fourth-order valence-corrected chi connectivity index (χ4v) is 3.18. The second kappa shape index (κ2) is 6.60. The molecule has 130 valence electrons. The lowest BCUT2D eigenvalue weighted by Gasteiger charge is -2.34. The number of H-pyrrole nitrogens is 1. The molecule has 1 aromatic heterocycles. The minimum absolute atomic E-state index is 0.0594. The van der Waals surface area contributed by atoms with Gasteiger partial charge in [-0.15, -0.1) is 0 Å². The van der Waals surface area contributed by atoms with Crippen LogP contribution in [0.4, 0.5) is 0 Å². The zero-order valence-electron chi connectivity index (χ0n) is 13.7. The van der Waals surface area contributed by atoms with Gasteiger partial charge in [0.1, 0.15) is 5.69 Å². The number of benzene rings is 1. The van der Waals surface area contributed by atoms with Crippen LogP contribution in [0, 0.1) is 0 Å². The van der Waals surface area contributed by atoms with E-state index in [-0.39, 0.29) is 12.7 Å². The number of nitrogens with one attached hydrogen (secondary N) is 1. The van der Waals surface area contributed by atoms with Gasteiger partial charge in [0.05, 0.1) is 5.69 Å². The Hall–Kier alpha value is -2.80. The minimum atomic E-state index is -0.0594. The molecule has 0 atom stereocenters. The molecule has 3 heterocycles. The molecule has 1 N–H and O–H groups in total. The van der Waals surface area contributed by atoms with Gasteiger partial charge in [0.25, 0.3) is 5.91 Å². The van der Waals surface area contributed by atoms with Gasteiger partial charge in [-0.3, -0.25) is 14.5 Å². The van der Waals surface area contributed by atoms with Crippen molar-refractivity contribution in [2.24, 2.45) is 0 Å². The molecule has 7 nitrogen and oxygen atoms in total. The van der Waals surface area contributed by atoms with Crippen LogP contribution in [0.25, 0.3) is 0 Å². The Kier molecular flexibility index (Phi) is 4.15. The number of carbonyl (C=O) groups is 2. The van der Waals surface area contributed by atoms with Gasteiger partial charge in [0.15, 0.2) is 17.8 Å². The van der Waals surface area contributed by atoms with Crippen molar-refractivity contribution in [3.05, 3.63) is 47.3 Å². The Morgan fingerprint density at radius 2 is 1.88 bits per heavy atom. The van der Waals surface area contributed by atoms with Crippen LogP contribution in [0.3, 0.4) is 0 Å². The molecular weight excluding hydrogens is 322 g/mol. The molecule has 0 spiro atoms. The van der Waals surface area contributed by atoms with Crippen LogP contribution in [0.2, 0.25) is 0 Å². The molecular formula is C18H19N3O4. The Bertz CT molecular complexity index is 793. The van der Waals surface area contributed by atoms with E-state index in [2.05, 4.69) is 9.88 Å². The van der Waals surface area contributed by atoms with E-state index in [1.807, 2.05) is 23.1 Å². The van der Waals surface area contributed by atoms with E-state index in [0.29, 0.717) is 30.8 Å². The average molecular weight is 341 g/mol. The van der Waals surface area contributed by atoms with Gasteiger partial charge in [-0.1, -0.05) is 6.07 Å². The summed E-state index contributed by atoms with van der Waals surface area (Å²) in [4.78, 5) is 30.1. The number of aromatic amines is 1. The third kappa shape index (κ3) is 3.23. The third-order valence-electron chi connectivity index (χ3n) is 4.57. The summed E-state index contributed by atoms with van der Waals surface area (Å²) in [7, 11) is 0. The van der Waals surface area contributed by atoms with Crippen molar-refractivity contribution >= 4 is 12.2 Å². The second-order valence-electron chi connectivity index (χ2n) is 6.20. The van der Waals surface area contributed by atoms with Crippen LogP contribution < -0.4 is 9.47 Å². The maximum Gasteiger partial charge on any atom is 0.270 e.